The van der Waals surface area contributed by atoms with E-state index in [1.54, 1.807) is 19.2 Å². The lowest BCUT2D eigenvalue weighted by molar-refractivity contribution is 0.146. The smallest absolute Gasteiger partial charge is 0.132 e. The van der Waals surface area contributed by atoms with Crippen molar-refractivity contribution in [2.45, 2.75) is 0 Å². The van der Waals surface area contributed by atoms with Crippen molar-refractivity contribution in [1.29, 1.82) is 0 Å². The van der Waals surface area contributed by atoms with Crippen LogP contribution in [0.3, 0.4) is 0 Å². The topological polar surface area (TPSA) is 42.9 Å². The van der Waals surface area contributed by atoms with E-state index in [2.05, 4.69) is 10.3 Å². The van der Waals surface area contributed by atoms with Crippen molar-refractivity contribution in [1.82, 2.24) is 5.32 Å². The Morgan fingerprint density at radius 2 is 1.87 bits per heavy atom. The lowest BCUT2D eigenvalue weighted by Crippen LogP contribution is -2.20. The first-order valence-electron chi connectivity index (χ1n) is 7.58. The maximum Gasteiger partial charge on any atom is 0.132 e. The van der Waals surface area contributed by atoms with Gasteiger partial charge in [0.2, 0.25) is 0 Å². The van der Waals surface area contributed by atoms with Gasteiger partial charge < -0.3 is 14.8 Å². The average molecular weight is 314 g/mol. The molecule has 0 amide bonds. The molecule has 4 nitrogen and oxygen atoms in total. The molecule has 2 aromatic rings. The summed E-state index contributed by atoms with van der Waals surface area (Å²) in [5, 5.41) is 3.26. The molecule has 1 N–H and O–H groups in total. The highest BCUT2D eigenvalue weighted by Crippen LogP contribution is 2.28. The Kier molecular flexibility index (Phi) is 4.88. The van der Waals surface area contributed by atoms with Gasteiger partial charge in [0.25, 0.3) is 0 Å². The summed E-state index contributed by atoms with van der Waals surface area (Å²) < 4.78 is 24.0. The second kappa shape index (κ2) is 7.24. The molecule has 2 aromatic carbocycles. The highest BCUT2D eigenvalue weighted by atomic mass is 19.1. The Hall–Kier alpha value is -2.40. The summed E-state index contributed by atoms with van der Waals surface area (Å²) in [6.07, 6.45) is 0. The van der Waals surface area contributed by atoms with Crippen LogP contribution in [-0.2, 0) is 4.74 Å². The number of hydrogen-bond donors (Lipinski definition) is 1. The normalized spacial score (nSPS) is 13.6. The number of nitrogens with zero attached hydrogens (tertiary/aromatic N) is 1. The van der Waals surface area contributed by atoms with Crippen molar-refractivity contribution in [3.63, 3.8) is 0 Å². The van der Waals surface area contributed by atoms with Crippen LogP contribution in [0.4, 0.5) is 4.39 Å². The zero-order valence-corrected chi connectivity index (χ0v) is 13.0. The fourth-order valence-electron chi connectivity index (χ4n) is 2.47. The first-order chi connectivity index (χ1) is 11.3. The van der Waals surface area contributed by atoms with E-state index in [9.17, 15) is 4.39 Å². The maximum absolute atomic E-state index is 13.1. The molecule has 0 saturated carbocycles. The Morgan fingerprint density at radius 3 is 2.57 bits per heavy atom. The third-order valence-corrected chi connectivity index (χ3v) is 3.63. The van der Waals surface area contributed by atoms with E-state index in [4.69, 9.17) is 9.47 Å². The van der Waals surface area contributed by atoms with Crippen LogP contribution in [0.5, 0.6) is 5.75 Å². The molecule has 1 aliphatic rings. The van der Waals surface area contributed by atoms with Crippen molar-refractivity contribution in [3.8, 4) is 16.9 Å². The Labute approximate surface area is 135 Å². The molecule has 0 atom stereocenters. The minimum atomic E-state index is -0.244. The highest BCUT2D eigenvalue weighted by molar-refractivity contribution is 6.02. The number of methoxy groups -OCH3 is 1. The highest BCUT2D eigenvalue weighted by Gasteiger charge is 2.15. The molecule has 5 heteroatoms. The molecule has 120 valence electrons. The second-order valence-corrected chi connectivity index (χ2v) is 5.22. The molecule has 23 heavy (non-hydrogen) atoms. The molecular formula is C18H19FN2O2. The van der Waals surface area contributed by atoms with Gasteiger partial charge in [-0.2, -0.15) is 0 Å². The van der Waals surface area contributed by atoms with E-state index in [1.165, 1.54) is 12.1 Å². The summed E-state index contributed by atoms with van der Waals surface area (Å²) in [6, 6.07) is 12.4. The quantitative estimate of drug-likeness (QED) is 0.834. The van der Waals surface area contributed by atoms with Crippen molar-refractivity contribution in [3.05, 3.63) is 53.8 Å². The minimum absolute atomic E-state index is 0.244. The van der Waals surface area contributed by atoms with Crippen molar-refractivity contribution >= 4 is 5.84 Å². The molecule has 3 rings (SSSR count). The predicted molar refractivity (Wildman–Crippen MR) is 88.6 cm³/mol. The van der Waals surface area contributed by atoms with E-state index in [0.29, 0.717) is 13.2 Å². The summed E-state index contributed by atoms with van der Waals surface area (Å²) >= 11 is 0. The van der Waals surface area contributed by atoms with Gasteiger partial charge in [-0.05, 0) is 35.4 Å². The zero-order valence-electron chi connectivity index (χ0n) is 13.0. The van der Waals surface area contributed by atoms with Crippen LogP contribution >= 0.6 is 0 Å². The summed E-state index contributed by atoms with van der Waals surface area (Å²) in [5.74, 6) is 1.35. The van der Waals surface area contributed by atoms with Crippen LogP contribution in [0, 0.1) is 5.82 Å². The number of nitrogens with one attached hydrogen (secondary N) is 1. The number of halogens is 1. The lowest BCUT2D eigenvalue weighted by Gasteiger charge is -2.14. The van der Waals surface area contributed by atoms with Gasteiger partial charge in [-0.25, -0.2) is 4.39 Å². The van der Waals surface area contributed by atoms with E-state index < -0.39 is 0 Å². The van der Waals surface area contributed by atoms with E-state index in [1.807, 2.05) is 18.2 Å². The first-order valence-corrected chi connectivity index (χ1v) is 7.58. The van der Waals surface area contributed by atoms with E-state index in [-0.39, 0.29) is 5.82 Å². The molecule has 0 fully saturated rings. The van der Waals surface area contributed by atoms with E-state index in [0.717, 1.165) is 41.4 Å². The fourth-order valence-corrected chi connectivity index (χ4v) is 2.47. The molecule has 0 bridgehead atoms. The van der Waals surface area contributed by atoms with Gasteiger partial charge in [0.05, 0.1) is 18.7 Å². The van der Waals surface area contributed by atoms with E-state index >= 15 is 0 Å². The van der Waals surface area contributed by atoms with Gasteiger partial charge >= 0.3 is 0 Å². The second-order valence-electron chi connectivity index (χ2n) is 5.22. The SMILES string of the molecule is COCCOc1cc(-c2ccc(F)cc2)ccc1C1=NCCN1. The van der Waals surface area contributed by atoms with Crippen molar-refractivity contribution in [2.75, 3.05) is 33.4 Å². The summed E-state index contributed by atoms with van der Waals surface area (Å²) in [7, 11) is 1.64. The van der Waals surface area contributed by atoms with Crippen LogP contribution < -0.4 is 10.1 Å². The van der Waals surface area contributed by atoms with Crippen LogP contribution in [0.1, 0.15) is 5.56 Å². The largest absolute Gasteiger partial charge is 0.490 e. The number of amidine groups is 1. The molecule has 0 radical (unpaired) electrons. The van der Waals surface area contributed by atoms with Gasteiger partial charge in [-0.3, -0.25) is 4.99 Å². The standard InChI is InChI=1S/C18H19FN2O2/c1-22-10-11-23-17-12-14(13-2-5-15(19)6-3-13)4-7-16(17)18-20-8-9-21-18/h2-7,12H,8-11H2,1H3,(H,20,21). The van der Waals surface area contributed by atoms with Crippen LogP contribution in [0.25, 0.3) is 11.1 Å². The summed E-state index contributed by atoms with van der Waals surface area (Å²) in [4.78, 5) is 4.45. The van der Waals surface area contributed by atoms with Crippen LogP contribution in [-0.4, -0.2) is 39.2 Å². The zero-order chi connectivity index (χ0) is 16.1. The molecule has 1 aliphatic heterocycles. The molecule has 0 aliphatic carbocycles. The first kappa shape index (κ1) is 15.5. The third-order valence-electron chi connectivity index (χ3n) is 3.63. The van der Waals surface area contributed by atoms with Crippen LogP contribution in [0.15, 0.2) is 47.5 Å². The molecule has 0 unspecified atom stereocenters. The predicted octanol–water partition coefficient (Wildman–Crippen LogP) is 2.87. The maximum atomic E-state index is 13.1. The van der Waals surface area contributed by atoms with Gasteiger partial charge in [-0.1, -0.05) is 18.2 Å². The Balaban J connectivity index is 1.93. The number of benzene rings is 2. The fraction of sp³-hybridized carbons (Fsp3) is 0.278. The minimum Gasteiger partial charge on any atom is -0.490 e. The molecular weight excluding hydrogens is 295 g/mol. The van der Waals surface area contributed by atoms with Gasteiger partial charge in [0, 0.05) is 13.7 Å². The summed E-state index contributed by atoms with van der Waals surface area (Å²) in [6.45, 7) is 2.59. The van der Waals surface area contributed by atoms with Gasteiger partial charge in [-0.15, -0.1) is 0 Å². The Bertz CT molecular complexity index is 699. The van der Waals surface area contributed by atoms with Gasteiger partial charge in [0.1, 0.15) is 24.0 Å². The number of aliphatic imine (C=N–C) groups is 1. The monoisotopic (exact) mass is 314 g/mol. The number of hydrogen-bond acceptors (Lipinski definition) is 4. The Morgan fingerprint density at radius 1 is 1.09 bits per heavy atom. The molecule has 1 heterocycles. The number of ether oxygens (including phenoxy) is 2. The molecule has 0 saturated heterocycles. The molecule has 0 spiro atoms. The van der Waals surface area contributed by atoms with Crippen molar-refractivity contribution < 1.29 is 13.9 Å². The number of rotatable bonds is 6. The van der Waals surface area contributed by atoms with Gasteiger partial charge in [0.15, 0.2) is 0 Å². The van der Waals surface area contributed by atoms with Crippen molar-refractivity contribution in [2.24, 2.45) is 4.99 Å². The molecule has 0 aromatic heterocycles. The van der Waals surface area contributed by atoms with Crippen LogP contribution in [0.2, 0.25) is 0 Å². The lowest BCUT2D eigenvalue weighted by atomic mass is 10.0. The third kappa shape index (κ3) is 3.68. The average Bonchev–Trinajstić information content (AvgIpc) is 3.10. The summed E-state index contributed by atoms with van der Waals surface area (Å²) in [5.41, 5.74) is 2.85.